The van der Waals surface area contributed by atoms with E-state index in [9.17, 15) is 9.18 Å². The minimum absolute atomic E-state index is 0. The maximum Gasteiger partial charge on any atom is 0.400 e. The van der Waals surface area contributed by atoms with E-state index >= 15 is 0 Å². The van der Waals surface area contributed by atoms with Gasteiger partial charge < -0.3 is 18.8 Å². The van der Waals surface area contributed by atoms with Crippen LogP contribution in [-0.2, 0) is 37.5 Å². The molecule has 0 saturated carbocycles. The summed E-state index contributed by atoms with van der Waals surface area (Å²) in [6, 6.07) is 18.7. The Balaban J connectivity index is 0.00000289. The number of ether oxygens (including phenoxy) is 2. The molecular formula is C23H17ClFN2O4Y-. The number of likely N-dealkylation sites (N-methyl/N-ethyl adjacent to an activating group) is 1. The SMILES string of the molecule is C[C@@H](Oc1ccc(Oc2nc3ccc(Cl)cc3o2)cc1)C(=O)N(C)c1[c-]cccc1F.[Y]. The van der Waals surface area contributed by atoms with Crippen molar-refractivity contribution in [1.82, 2.24) is 4.98 Å². The monoisotopic (exact) mass is 528 g/mol. The van der Waals surface area contributed by atoms with E-state index in [0.29, 0.717) is 27.6 Å². The Bertz CT molecular complexity index is 1230. The number of amides is 1. The molecule has 161 valence electrons. The molecule has 0 bridgehead atoms. The Kier molecular flexibility index (Phi) is 7.88. The van der Waals surface area contributed by atoms with Gasteiger partial charge in [-0.1, -0.05) is 11.6 Å². The Morgan fingerprint density at radius 1 is 1.19 bits per heavy atom. The molecule has 0 unspecified atom stereocenters. The Morgan fingerprint density at radius 2 is 1.91 bits per heavy atom. The molecule has 1 atom stereocenters. The van der Waals surface area contributed by atoms with Gasteiger partial charge in [-0.15, -0.1) is 6.07 Å². The number of aromatic nitrogens is 1. The predicted octanol–water partition coefficient (Wildman–Crippen LogP) is 5.64. The van der Waals surface area contributed by atoms with Crippen LogP contribution in [0.15, 0.2) is 65.1 Å². The molecule has 0 N–H and O–H groups in total. The molecule has 3 aromatic carbocycles. The summed E-state index contributed by atoms with van der Waals surface area (Å²) >= 11 is 5.94. The Labute approximate surface area is 214 Å². The molecule has 0 fully saturated rings. The van der Waals surface area contributed by atoms with Crippen LogP contribution in [0.3, 0.4) is 0 Å². The van der Waals surface area contributed by atoms with Crippen molar-refractivity contribution in [3.63, 3.8) is 0 Å². The quantitative estimate of drug-likeness (QED) is 0.303. The van der Waals surface area contributed by atoms with E-state index in [1.54, 1.807) is 49.4 Å². The number of carbonyl (C=O) groups is 1. The standard InChI is InChI=1S/C23H17ClFN2O4.Y/c1-14(22(28)27(2)20-6-4-3-5-18(20)25)29-16-8-10-17(11-9-16)30-23-26-19-12-7-15(24)13-21(19)31-23;/h3-5,7-14H,1-2H3;/q-1;/t14-;/m1./s1. The zero-order chi connectivity index (χ0) is 22.0. The summed E-state index contributed by atoms with van der Waals surface area (Å²) in [7, 11) is 1.47. The molecule has 0 saturated heterocycles. The van der Waals surface area contributed by atoms with E-state index in [-0.39, 0.29) is 44.5 Å². The first kappa shape index (κ1) is 24.2. The molecule has 32 heavy (non-hydrogen) atoms. The van der Waals surface area contributed by atoms with E-state index in [1.165, 1.54) is 30.1 Å². The molecule has 6 nitrogen and oxygen atoms in total. The summed E-state index contributed by atoms with van der Waals surface area (Å²) in [6.07, 6.45) is -0.760. The Morgan fingerprint density at radius 3 is 2.62 bits per heavy atom. The number of hydrogen-bond acceptors (Lipinski definition) is 5. The van der Waals surface area contributed by atoms with Gasteiger partial charge in [0.05, 0.1) is 0 Å². The summed E-state index contributed by atoms with van der Waals surface area (Å²) in [5.74, 6) is -0.0224. The molecule has 1 radical (unpaired) electrons. The van der Waals surface area contributed by atoms with Gasteiger partial charge in [0.2, 0.25) is 0 Å². The van der Waals surface area contributed by atoms with E-state index in [4.69, 9.17) is 25.5 Å². The van der Waals surface area contributed by atoms with Crippen molar-refractivity contribution >= 4 is 34.3 Å². The van der Waals surface area contributed by atoms with Crippen LogP contribution in [-0.4, -0.2) is 24.0 Å². The molecular weight excluding hydrogens is 512 g/mol. The van der Waals surface area contributed by atoms with Gasteiger partial charge in [0.25, 0.3) is 5.91 Å². The van der Waals surface area contributed by atoms with Gasteiger partial charge in [0, 0.05) is 56.7 Å². The number of anilines is 1. The molecule has 0 aliphatic carbocycles. The van der Waals surface area contributed by atoms with Crippen LogP contribution in [0.5, 0.6) is 17.6 Å². The number of rotatable bonds is 6. The summed E-state index contributed by atoms with van der Waals surface area (Å²) < 4.78 is 30.7. The predicted molar refractivity (Wildman–Crippen MR) is 114 cm³/mol. The van der Waals surface area contributed by atoms with Crippen LogP contribution >= 0.6 is 11.6 Å². The van der Waals surface area contributed by atoms with Crippen LogP contribution in [0.1, 0.15) is 6.92 Å². The second-order valence-corrected chi connectivity index (χ2v) is 7.13. The number of halogens is 2. The third-order valence-electron chi connectivity index (χ3n) is 4.47. The second kappa shape index (κ2) is 10.4. The third-order valence-corrected chi connectivity index (χ3v) is 4.71. The minimum atomic E-state index is -0.841. The van der Waals surface area contributed by atoms with Gasteiger partial charge in [0.1, 0.15) is 17.0 Å². The minimum Gasteiger partial charge on any atom is -0.481 e. The average Bonchev–Trinajstić information content (AvgIpc) is 3.15. The first-order chi connectivity index (χ1) is 14.9. The third kappa shape index (κ3) is 5.47. The van der Waals surface area contributed by atoms with Crippen LogP contribution in [0.25, 0.3) is 11.1 Å². The first-order valence-corrected chi connectivity index (χ1v) is 9.73. The molecule has 1 aromatic heterocycles. The van der Waals surface area contributed by atoms with E-state index < -0.39 is 17.8 Å². The normalized spacial score (nSPS) is 11.5. The van der Waals surface area contributed by atoms with Crippen molar-refractivity contribution in [1.29, 1.82) is 0 Å². The second-order valence-electron chi connectivity index (χ2n) is 6.69. The molecule has 4 aromatic rings. The zero-order valence-corrected chi connectivity index (χ0v) is 20.8. The van der Waals surface area contributed by atoms with Crippen molar-refractivity contribution in [3.8, 4) is 17.6 Å². The van der Waals surface area contributed by atoms with Crippen molar-refractivity contribution in [3.05, 3.63) is 77.6 Å². The molecule has 0 aliphatic heterocycles. The number of nitrogens with zero attached hydrogens (tertiary/aromatic N) is 2. The van der Waals surface area contributed by atoms with Gasteiger partial charge in [0.15, 0.2) is 11.7 Å². The molecule has 9 heteroatoms. The van der Waals surface area contributed by atoms with Gasteiger partial charge in [-0.2, -0.15) is 23.2 Å². The maximum absolute atomic E-state index is 13.9. The van der Waals surface area contributed by atoms with Crippen LogP contribution in [0.4, 0.5) is 10.1 Å². The van der Waals surface area contributed by atoms with Crippen LogP contribution in [0, 0.1) is 11.9 Å². The van der Waals surface area contributed by atoms with Crippen molar-refractivity contribution in [2.45, 2.75) is 13.0 Å². The summed E-state index contributed by atoms with van der Waals surface area (Å²) in [6.45, 7) is 1.59. The van der Waals surface area contributed by atoms with Gasteiger partial charge in [-0.25, -0.2) is 0 Å². The molecule has 0 spiro atoms. The maximum atomic E-state index is 13.9. The Hall–Kier alpha value is -2.48. The van der Waals surface area contributed by atoms with Gasteiger partial charge in [-0.05, 0) is 49.0 Å². The number of para-hydroxylation sites is 1. The molecule has 1 amide bonds. The molecule has 4 rings (SSSR count). The summed E-state index contributed by atoms with van der Waals surface area (Å²) in [4.78, 5) is 18.0. The van der Waals surface area contributed by atoms with Crippen LogP contribution < -0.4 is 14.4 Å². The van der Waals surface area contributed by atoms with E-state index in [0.717, 1.165) is 0 Å². The number of fused-ring (bicyclic) bond motifs is 1. The molecule has 1 heterocycles. The van der Waals surface area contributed by atoms with Crippen molar-refractivity contribution < 1.29 is 55.8 Å². The fourth-order valence-corrected chi connectivity index (χ4v) is 3.07. The van der Waals surface area contributed by atoms with Gasteiger partial charge >= 0.3 is 6.08 Å². The number of hydrogen-bond donors (Lipinski definition) is 0. The summed E-state index contributed by atoms with van der Waals surface area (Å²) in [5.41, 5.74) is 1.21. The first-order valence-electron chi connectivity index (χ1n) is 9.35. The summed E-state index contributed by atoms with van der Waals surface area (Å²) in [5, 5.41) is 0.541. The topological polar surface area (TPSA) is 64.8 Å². The van der Waals surface area contributed by atoms with Gasteiger partial charge in [-0.3, -0.25) is 9.18 Å². The zero-order valence-electron chi connectivity index (χ0n) is 17.2. The number of benzene rings is 3. The van der Waals surface area contributed by atoms with E-state index in [2.05, 4.69) is 11.1 Å². The van der Waals surface area contributed by atoms with E-state index in [1.807, 2.05) is 0 Å². The van der Waals surface area contributed by atoms with Crippen molar-refractivity contribution in [2.24, 2.45) is 0 Å². The molecule has 0 aliphatic rings. The average molecular weight is 529 g/mol. The van der Waals surface area contributed by atoms with Crippen LogP contribution in [0.2, 0.25) is 5.02 Å². The largest absolute Gasteiger partial charge is 0.481 e. The van der Waals surface area contributed by atoms with Crippen molar-refractivity contribution in [2.75, 3.05) is 11.9 Å². The fraction of sp³-hybridized carbons (Fsp3) is 0.130. The smallest absolute Gasteiger partial charge is 0.400 e. The number of oxazole rings is 1. The number of carbonyl (C=O) groups excluding carboxylic acids is 1. The fourth-order valence-electron chi connectivity index (χ4n) is 2.91.